The van der Waals surface area contributed by atoms with Gasteiger partial charge in [-0.25, -0.2) is 0 Å². The average molecular weight is 275 g/mol. The van der Waals surface area contributed by atoms with Gasteiger partial charge in [-0.15, -0.1) is 0 Å². The van der Waals surface area contributed by atoms with Crippen molar-refractivity contribution in [1.82, 2.24) is 4.98 Å². The molecule has 0 fully saturated rings. The number of ketones is 1. The maximum absolute atomic E-state index is 12.4. The number of fused-ring (bicyclic) bond motifs is 1. The van der Waals surface area contributed by atoms with Crippen molar-refractivity contribution in [3.8, 4) is 0 Å². The number of carbonyl (C=O) groups is 1. The first-order chi connectivity index (χ1) is 10.3. The third-order valence-corrected chi connectivity index (χ3v) is 3.65. The fourth-order valence-corrected chi connectivity index (χ4v) is 2.56. The van der Waals surface area contributed by atoms with Crippen molar-refractivity contribution >= 4 is 16.6 Å². The molecular formula is C19H17NO. The molecule has 3 aromatic rings. The fourth-order valence-electron chi connectivity index (χ4n) is 2.56. The van der Waals surface area contributed by atoms with Crippen molar-refractivity contribution in [3.05, 3.63) is 78.1 Å². The van der Waals surface area contributed by atoms with Crippen LogP contribution >= 0.6 is 0 Å². The van der Waals surface area contributed by atoms with Crippen LogP contribution in [0, 0.1) is 0 Å². The van der Waals surface area contributed by atoms with Gasteiger partial charge >= 0.3 is 0 Å². The molecule has 2 aromatic carbocycles. The van der Waals surface area contributed by atoms with Crippen LogP contribution in [0.2, 0.25) is 0 Å². The van der Waals surface area contributed by atoms with Gasteiger partial charge in [-0.1, -0.05) is 54.6 Å². The van der Waals surface area contributed by atoms with Crippen molar-refractivity contribution < 1.29 is 4.79 Å². The molecule has 3 rings (SSSR count). The molecule has 0 unspecified atom stereocenters. The first-order valence-electron chi connectivity index (χ1n) is 7.25. The highest BCUT2D eigenvalue weighted by Crippen LogP contribution is 2.18. The Morgan fingerprint density at radius 3 is 2.52 bits per heavy atom. The summed E-state index contributed by atoms with van der Waals surface area (Å²) >= 11 is 0. The first-order valence-corrected chi connectivity index (χ1v) is 7.25. The molecule has 0 atom stereocenters. The number of carbonyl (C=O) groups excluding carboxylic acids is 1. The summed E-state index contributed by atoms with van der Waals surface area (Å²) in [7, 11) is 0. The van der Waals surface area contributed by atoms with Gasteiger partial charge in [0, 0.05) is 18.0 Å². The maximum atomic E-state index is 12.4. The zero-order chi connectivity index (χ0) is 14.5. The molecule has 104 valence electrons. The van der Waals surface area contributed by atoms with Crippen LogP contribution in [0.3, 0.4) is 0 Å². The van der Waals surface area contributed by atoms with E-state index in [-0.39, 0.29) is 5.78 Å². The van der Waals surface area contributed by atoms with E-state index in [9.17, 15) is 4.79 Å². The summed E-state index contributed by atoms with van der Waals surface area (Å²) in [5, 5.41) is 2.02. The molecule has 0 aliphatic rings. The maximum Gasteiger partial charge on any atom is 0.181 e. The van der Waals surface area contributed by atoms with E-state index in [1.54, 1.807) is 6.20 Å². The minimum atomic E-state index is 0.128. The molecular weight excluding hydrogens is 258 g/mol. The zero-order valence-corrected chi connectivity index (χ0v) is 11.8. The van der Waals surface area contributed by atoms with Gasteiger partial charge in [0.1, 0.15) is 5.69 Å². The molecule has 0 saturated heterocycles. The van der Waals surface area contributed by atoms with Gasteiger partial charge in [-0.3, -0.25) is 9.78 Å². The van der Waals surface area contributed by atoms with Crippen LogP contribution in [0.4, 0.5) is 0 Å². The molecule has 0 spiro atoms. The quantitative estimate of drug-likeness (QED) is 0.644. The molecule has 21 heavy (non-hydrogen) atoms. The normalized spacial score (nSPS) is 10.7. The van der Waals surface area contributed by atoms with Crippen molar-refractivity contribution in [3.63, 3.8) is 0 Å². The van der Waals surface area contributed by atoms with Crippen LogP contribution in [-0.4, -0.2) is 10.8 Å². The second-order valence-electron chi connectivity index (χ2n) is 5.14. The summed E-state index contributed by atoms with van der Waals surface area (Å²) in [5.41, 5.74) is 1.87. The highest BCUT2D eigenvalue weighted by molar-refractivity contribution is 6.06. The molecule has 2 heteroatoms. The second kappa shape index (κ2) is 6.31. The van der Waals surface area contributed by atoms with E-state index in [4.69, 9.17) is 0 Å². The van der Waals surface area contributed by atoms with Crippen molar-refractivity contribution in [1.29, 1.82) is 0 Å². The Labute approximate surface area is 124 Å². The van der Waals surface area contributed by atoms with E-state index < -0.39 is 0 Å². The molecule has 0 saturated carbocycles. The molecule has 0 radical (unpaired) electrons. The minimum Gasteiger partial charge on any atom is -0.292 e. The molecule has 0 N–H and O–H groups in total. The van der Waals surface area contributed by atoms with Crippen LogP contribution in [0.1, 0.15) is 28.9 Å². The van der Waals surface area contributed by atoms with Gasteiger partial charge in [0.15, 0.2) is 5.78 Å². The standard InChI is InChI=1S/C19H17NO/c21-18(12-6-9-15-7-2-1-3-8-15)19-17-11-5-4-10-16(17)13-14-20-19/h1-5,7-8,10-11,13-14H,6,9,12H2. The van der Waals surface area contributed by atoms with Crippen LogP contribution in [0.15, 0.2) is 66.9 Å². The lowest BCUT2D eigenvalue weighted by atomic mass is 10.0. The van der Waals surface area contributed by atoms with Crippen LogP contribution in [-0.2, 0) is 6.42 Å². The number of aryl methyl sites for hydroxylation is 1. The number of nitrogens with zero attached hydrogens (tertiary/aromatic N) is 1. The molecule has 1 aromatic heterocycles. The number of hydrogen-bond donors (Lipinski definition) is 0. The van der Waals surface area contributed by atoms with Crippen molar-refractivity contribution in [2.75, 3.05) is 0 Å². The van der Waals surface area contributed by atoms with Crippen LogP contribution < -0.4 is 0 Å². The van der Waals surface area contributed by atoms with Gasteiger partial charge in [-0.2, -0.15) is 0 Å². The van der Waals surface area contributed by atoms with Crippen molar-refractivity contribution in [2.24, 2.45) is 0 Å². The summed E-state index contributed by atoms with van der Waals surface area (Å²) in [5.74, 6) is 0.128. The van der Waals surface area contributed by atoms with Crippen LogP contribution in [0.5, 0.6) is 0 Å². The van der Waals surface area contributed by atoms with E-state index in [0.717, 1.165) is 23.6 Å². The van der Waals surface area contributed by atoms with E-state index in [0.29, 0.717) is 12.1 Å². The first kappa shape index (κ1) is 13.5. The highest BCUT2D eigenvalue weighted by atomic mass is 16.1. The van der Waals surface area contributed by atoms with Gasteiger partial charge in [0.25, 0.3) is 0 Å². The largest absolute Gasteiger partial charge is 0.292 e. The monoisotopic (exact) mass is 275 g/mol. The zero-order valence-electron chi connectivity index (χ0n) is 11.8. The van der Waals surface area contributed by atoms with E-state index in [2.05, 4.69) is 17.1 Å². The van der Waals surface area contributed by atoms with E-state index in [1.807, 2.05) is 48.5 Å². The Hall–Kier alpha value is -2.48. The Bertz CT molecular complexity index is 744. The molecule has 1 heterocycles. The Kier molecular flexibility index (Phi) is 4.06. The number of pyridine rings is 1. The highest BCUT2D eigenvalue weighted by Gasteiger charge is 2.11. The Balaban J connectivity index is 1.70. The van der Waals surface area contributed by atoms with E-state index in [1.165, 1.54) is 5.56 Å². The summed E-state index contributed by atoms with van der Waals surface area (Å²) in [6.07, 6.45) is 4.04. The summed E-state index contributed by atoms with van der Waals surface area (Å²) in [6.45, 7) is 0. The average Bonchev–Trinajstić information content (AvgIpc) is 2.55. The minimum absolute atomic E-state index is 0.128. The topological polar surface area (TPSA) is 30.0 Å². The lowest BCUT2D eigenvalue weighted by molar-refractivity contribution is 0.0977. The third-order valence-electron chi connectivity index (χ3n) is 3.65. The lowest BCUT2D eigenvalue weighted by Crippen LogP contribution is -2.03. The number of rotatable bonds is 5. The number of benzene rings is 2. The summed E-state index contributed by atoms with van der Waals surface area (Å²) in [6, 6.07) is 20.1. The van der Waals surface area contributed by atoms with Crippen LogP contribution in [0.25, 0.3) is 10.8 Å². The molecule has 0 aliphatic heterocycles. The third kappa shape index (κ3) is 3.16. The Morgan fingerprint density at radius 2 is 1.67 bits per heavy atom. The molecule has 2 nitrogen and oxygen atoms in total. The summed E-state index contributed by atoms with van der Waals surface area (Å²) in [4.78, 5) is 16.7. The van der Waals surface area contributed by atoms with E-state index >= 15 is 0 Å². The second-order valence-corrected chi connectivity index (χ2v) is 5.14. The smallest absolute Gasteiger partial charge is 0.181 e. The number of aromatic nitrogens is 1. The lowest BCUT2D eigenvalue weighted by Gasteiger charge is -2.05. The number of hydrogen-bond acceptors (Lipinski definition) is 2. The Morgan fingerprint density at radius 1 is 0.905 bits per heavy atom. The van der Waals surface area contributed by atoms with Gasteiger partial charge < -0.3 is 0 Å². The van der Waals surface area contributed by atoms with Gasteiger partial charge in [0.05, 0.1) is 0 Å². The predicted molar refractivity (Wildman–Crippen MR) is 85.5 cm³/mol. The fraction of sp³-hybridized carbons (Fsp3) is 0.158. The predicted octanol–water partition coefficient (Wildman–Crippen LogP) is 4.44. The molecule has 0 bridgehead atoms. The molecule has 0 amide bonds. The van der Waals surface area contributed by atoms with Crippen molar-refractivity contribution in [2.45, 2.75) is 19.3 Å². The molecule has 0 aliphatic carbocycles. The van der Waals surface area contributed by atoms with Gasteiger partial charge in [-0.05, 0) is 29.9 Å². The SMILES string of the molecule is O=C(CCCc1ccccc1)c1nccc2ccccc12. The summed E-state index contributed by atoms with van der Waals surface area (Å²) < 4.78 is 0. The van der Waals surface area contributed by atoms with Gasteiger partial charge in [0.2, 0.25) is 0 Å². The number of Topliss-reactive ketones (excluding diaryl/α,β-unsaturated/α-hetero) is 1.